The minimum Gasteiger partial charge on any atom is -0.369 e. The maximum atomic E-state index is 12.1. The van der Waals surface area contributed by atoms with Crippen LogP contribution < -0.4 is 5.73 Å². The van der Waals surface area contributed by atoms with Gasteiger partial charge in [0.2, 0.25) is 11.4 Å². The highest BCUT2D eigenvalue weighted by molar-refractivity contribution is 5.93. The maximum absolute atomic E-state index is 12.1. The molecule has 0 spiro atoms. The molecule has 0 radical (unpaired) electrons. The molecule has 2 amide bonds. The number of nitrogens with two attached hydrogens (primary N) is 1. The molecule has 1 aromatic carbocycles. The van der Waals surface area contributed by atoms with Gasteiger partial charge in [0.05, 0.1) is 17.4 Å². The van der Waals surface area contributed by atoms with E-state index in [4.69, 9.17) is 5.73 Å². The van der Waals surface area contributed by atoms with Crippen LogP contribution in [-0.4, -0.2) is 55.4 Å². The smallest absolute Gasteiger partial charge is 0.285 e. The number of hydrogen-bond donors (Lipinski definition) is 2. The molecule has 1 aliphatic rings. The van der Waals surface area contributed by atoms with Crippen molar-refractivity contribution in [3.05, 3.63) is 54.2 Å². The third-order valence-corrected chi connectivity index (χ3v) is 4.73. The fraction of sp³-hybridized carbons (Fsp3) is 0.200. The average molecular weight is 375 g/mol. The molecular weight excluding hydrogens is 358 g/mol. The number of rotatable bonds is 2. The largest absolute Gasteiger partial charge is 0.369 e. The van der Waals surface area contributed by atoms with E-state index in [1.807, 2.05) is 6.07 Å². The number of primary amides is 1. The van der Waals surface area contributed by atoms with Crippen LogP contribution in [-0.2, 0) is 4.79 Å². The van der Waals surface area contributed by atoms with Gasteiger partial charge in [0.1, 0.15) is 0 Å². The minimum atomic E-state index is -1.66. The van der Waals surface area contributed by atoms with Gasteiger partial charge in [0, 0.05) is 43.5 Å². The van der Waals surface area contributed by atoms with Crippen LogP contribution in [0, 0.1) is 11.8 Å². The monoisotopic (exact) mass is 375 g/mol. The van der Waals surface area contributed by atoms with Crippen LogP contribution in [0.5, 0.6) is 0 Å². The maximum Gasteiger partial charge on any atom is 0.285 e. The third kappa shape index (κ3) is 2.88. The van der Waals surface area contributed by atoms with E-state index >= 15 is 0 Å². The topological polar surface area (TPSA) is 114 Å². The lowest BCUT2D eigenvalue weighted by atomic mass is 10.0. The van der Waals surface area contributed by atoms with Crippen molar-refractivity contribution in [3.8, 4) is 23.1 Å². The molecule has 4 rings (SSSR count). The summed E-state index contributed by atoms with van der Waals surface area (Å²) in [6.45, 7) is 0.466. The van der Waals surface area contributed by atoms with E-state index in [0.717, 1.165) is 0 Å². The molecule has 8 heteroatoms. The summed E-state index contributed by atoms with van der Waals surface area (Å²) < 4.78 is 1.58. The Balaban J connectivity index is 1.76. The molecule has 140 valence electrons. The summed E-state index contributed by atoms with van der Waals surface area (Å²) in [4.78, 5) is 33.7. The van der Waals surface area contributed by atoms with Crippen molar-refractivity contribution in [1.29, 1.82) is 0 Å². The Morgan fingerprint density at radius 3 is 2.93 bits per heavy atom. The first-order valence-electron chi connectivity index (χ1n) is 8.62. The molecule has 3 aromatic rings. The summed E-state index contributed by atoms with van der Waals surface area (Å²) in [7, 11) is 1.64. The van der Waals surface area contributed by atoms with Crippen molar-refractivity contribution in [2.45, 2.75) is 12.0 Å². The zero-order valence-corrected chi connectivity index (χ0v) is 15.1. The fourth-order valence-electron chi connectivity index (χ4n) is 3.21. The second-order valence-corrected chi connectivity index (χ2v) is 6.65. The van der Waals surface area contributed by atoms with Crippen LogP contribution in [0.15, 0.2) is 42.9 Å². The summed E-state index contributed by atoms with van der Waals surface area (Å²) in [5.74, 6) is 4.64. The molecule has 1 aliphatic heterocycles. The van der Waals surface area contributed by atoms with Crippen LogP contribution in [0.2, 0.25) is 0 Å². The number of nitrogens with zero attached hydrogens (tertiary/aromatic N) is 4. The van der Waals surface area contributed by atoms with Crippen LogP contribution in [0.25, 0.3) is 16.8 Å². The lowest BCUT2D eigenvalue weighted by Crippen LogP contribution is -2.37. The lowest BCUT2D eigenvalue weighted by Gasteiger charge is -2.13. The van der Waals surface area contributed by atoms with E-state index in [1.54, 1.807) is 48.2 Å². The van der Waals surface area contributed by atoms with E-state index < -0.39 is 17.4 Å². The van der Waals surface area contributed by atoms with Gasteiger partial charge in [-0.3, -0.25) is 19.0 Å². The number of benzene rings is 1. The van der Waals surface area contributed by atoms with Crippen molar-refractivity contribution < 1.29 is 14.7 Å². The number of hydrogen-bond acceptors (Lipinski definition) is 5. The van der Waals surface area contributed by atoms with Gasteiger partial charge in [0.25, 0.3) is 11.8 Å². The zero-order valence-electron chi connectivity index (χ0n) is 15.1. The third-order valence-electron chi connectivity index (χ3n) is 4.73. The van der Waals surface area contributed by atoms with Crippen molar-refractivity contribution >= 4 is 17.3 Å². The van der Waals surface area contributed by atoms with Crippen LogP contribution in [0.4, 0.5) is 0 Å². The average Bonchev–Trinajstić information content (AvgIpc) is 3.21. The lowest BCUT2D eigenvalue weighted by molar-refractivity contribution is -0.137. The van der Waals surface area contributed by atoms with E-state index in [1.165, 1.54) is 4.90 Å². The fourth-order valence-corrected chi connectivity index (χ4v) is 3.21. The first-order chi connectivity index (χ1) is 13.4. The van der Waals surface area contributed by atoms with Crippen molar-refractivity contribution in [2.75, 3.05) is 13.6 Å². The predicted octanol–water partition coefficient (Wildman–Crippen LogP) is 0.440. The molecule has 3 N–H and O–H groups in total. The highest BCUT2D eigenvalue weighted by atomic mass is 16.3. The van der Waals surface area contributed by atoms with Gasteiger partial charge in [-0.1, -0.05) is 24.0 Å². The zero-order chi connectivity index (χ0) is 19.9. The van der Waals surface area contributed by atoms with E-state index in [0.29, 0.717) is 28.9 Å². The Morgan fingerprint density at radius 2 is 2.21 bits per heavy atom. The molecule has 0 bridgehead atoms. The predicted molar refractivity (Wildman–Crippen MR) is 101 cm³/mol. The number of likely N-dealkylation sites (N-methyl/N-ethyl adjacent to an activating group) is 1. The van der Waals surface area contributed by atoms with Crippen molar-refractivity contribution in [3.63, 3.8) is 0 Å². The van der Waals surface area contributed by atoms with E-state index in [-0.39, 0.29) is 12.2 Å². The molecule has 28 heavy (non-hydrogen) atoms. The second-order valence-electron chi connectivity index (χ2n) is 6.65. The summed E-state index contributed by atoms with van der Waals surface area (Å²) >= 11 is 0. The number of fused-ring (bicyclic) bond motifs is 1. The number of imidazole rings is 1. The van der Waals surface area contributed by atoms with Gasteiger partial charge in [-0.25, -0.2) is 4.98 Å². The van der Waals surface area contributed by atoms with Crippen molar-refractivity contribution in [1.82, 2.24) is 19.3 Å². The number of aliphatic hydroxyl groups is 1. The summed E-state index contributed by atoms with van der Waals surface area (Å²) in [6, 6.07) is 7.17. The molecular formula is C20H17N5O3. The second kappa shape index (κ2) is 6.48. The van der Waals surface area contributed by atoms with Gasteiger partial charge in [0.15, 0.2) is 0 Å². The molecule has 3 heterocycles. The first kappa shape index (κ1) is 17.7. The molecule has 0 aliphatic carbocycles. The standard InChI is InChI=1S/C20H17N5O3/c1-24-9-7-20(28,19(24)27)6-5-13-3-2-4-14(11-13)16-15-12-22-8-10-25(15)18(23-16)17(21)26/h2-4,8,10-12,28H,7,9H2,1H3,(H2,21,26). The van der Waals surface area contributed by atoms with Crippen LogP contribution >= 0.6 is 0 Å². The molecule has 8 nitrogen and oxygen atoms in total. The van der Waals surface area contributed by atoms with E-state index in [2.05, 4.69) is 21.8 Å². The highest BCUT2D eigenvalue weighted by Gasteiger charge is 2.42. The number of carbonyl (C=O) groups is 2. The summed E-state index contributed by atoms with van der Waals surface area (Å²) in [5, 5.41) is 10.4. The Morgan fingerprint density at radius 1 is 1.39 bits per heavy atom. The molecule has 0 saturated carbocycles. The molecule has 2 aromatic heterocycles. The van der Waals surface area contributed by atoms with Gasteiger partial charge in [-0.2, -0.15) is 0 Å². The Bertz CT molecular complexity index is 1170. The van der Waals surface area contributed by atoms with Gasteiger partial charge >= 0.3 is 0 Å². The Labute approximate surface area is 160 Å². The molecule has 1 unspecified atom stereocenters. The summed E-state index contributed by atoms with van der Waals surface area (Å²) in [6.07, 6.45) is 5.04. The van der Waals surface area contributed by atoms with Gasteiger partial charge in [-0.15, -0.1) is 0 Å². The normalized spacial score (nSPS) is 18.9. The number of carbonyl (C=O) groups excluding carboxylic acids is 2. The Hall–Kier alpha value is -3.70. The van der Waals surface area contributed by atoms with Crippen LogP contribution in [0.1, 0.15) is 22.6 Å². The SMILES string of the molecule is CN1CCC(O)(C#Cc2cccc(-c3nc(C(N)=O)n4ccncc34)c2)C1=O. The minimum absolute atomic E-state index is 0.109. The van der Waals surface area contributed by atoms with Crippen LogP contribution in [0.3, 0.4) is 0 Å². The quantitative estimate of drug-likeness (QED) is 0.631. The number of likely N-dealkylation sites (tertiary alicyclic amines) is 1. The molecule has 1 saturated heterocycles. The first-order valence-corrected chi connectivity index (χ1v) is 8.62. The van der Waals surface area contributed by atoms with E-state index in [9.17, 15) is 14.7 Å². The molecule has 1 atom stereocenters. The van der Waals surface area contributed by atoms with Gasteiger partial charge in [-0.05, 0) is 12.1 Å². The molecule has 1 fully saturated rings. The Kier molecular flexibility index (Phi) is 4.09. The highest BCUT2D eigenvalue weighted by Crippen LogP contribution is 2.25. The summed E-state index contributed by atoms with van der Waals surface area (Å²) in [5.41, 5.74) is 6.27. The van der Waals surface area contributed by atoms with Crippen molar-refractivity contribution in [2.24, 2.45) is 5.73 Å². The number of aromatic nitrogens is 3. The number of amides is 2. The van der Waals surface area contributed by atoms with Gasteiger partial charge < -0.3 is 15.7 Å².